The summed E-state index contributed by atoms with van der Waals surface area (Å²) in [6.45, 7) is 1.50. The maximum Gasteiger partial charge on any atom is 0.111 e. The fourth-order valence-corrected chi connectivity index (χ4v) is 1.50. The number of hydrogen-bond acceptors (Lipinski definition) is 5. The topological polar surface area (TPSA) is 90.2 Å². The van der Waals surface area contributed by atoms with E-state index < -0.39 is 30.5 Å². The second-order valence-corrected chi connectivity index (χ2v) is 3.36. The third-order valence-corrected chi connectivity index (χ3v) is 2.36. The van der Waals surface area contributed by atoms with E-state index in [4.69, 9.17) is 9.84 Å². The van der Waals surface area contributed by atoms with Gasteiger partial charge in [0.15, 0.2) is 0 Å². The molecule has 1 aliphatic heterocycles. The molecule has 1 saturated heterocycles. The molecule has 0 amide bonds. The second kappa shape index (κ2) is 4.34. The zero-order valence-corrected chi connectivity index (χ0v) is 7.50. The van der Waals surface area contributed by atoms with E-state index in [9.17, 15) is 15.3 Å². The van der Waals surface area contributed by atoms with E-state index in [0.29, 0.717) is 0 Å². The van der Waals surface area contributed by atoms with E-state index in [1.165, 1.54) is 0 Å². The molecule has 0 unspecified atom stereocenters. The first kappa shape index (κ1) is 10.9. The fraction of sp³-hybridized carbons (Fsp3) is 1.00. The van der Waals surface area contributed by atoms with Crippen LogP contribution >= 0.6 is 0 Å². The molecule has 0 spiro atoms. The van der Waals surface area contributed by atoms with Gasteiger partial charge in [0, 0.05) is 6.61 Å². The number of aliphatic hydroxyl groups excluding tert-OH is 4. The molecule has 5 atom stereocenters. The molecule has 0 bridgehead atoms. The summed E-state index contributed by atoms with van der Waals surface area (Å²) >= 11 is 0. The second-order valence-electron chi connectivity index (χ2n) is 3.36. The largest absolute Gasteiger partial charge is 0.396 e. The Labute approximate surface area is 76.6 Å². The minimum Gasteiger partial charge on any atom is -0.396 e. The predicted molar refractivity (Wildman–Crippen MR) is 44.1 cm³/mol. The minimum absolute atomic E-state index is 0.114. The first-order valence-corrected chi connectivity index (χ1v) is 4.38. The van der Waals surface area contributed by atoms with Gasteiger partial charge in [0.2, 0.25) is 0 Å². The van der Waals surface area contributed by atoms with E-state index >= 15 is 0 Å². The van der Waals surface area contributed by atoms with Gasteiger partial charge >= 0.3 is 0 Å². The highest BCUT2D eigenvalue weighted by atomic mass is 16.5. The molecule has 1 fully saturated rings. The lowest BCUT2D eigenvalue weighted by Crippen LogP contribution is -2.56. The molecule has 5 heteroatoms. The van der Waals surface area contributed by atoms with Gasteiger partial charge in [0.1, 0.15) is 18.3 Å². The van der Waals surface area contributed by atoms with E-state index in [2.05, 4.69) is 0 Å². The number of hydrogen-bond donors (Lipinski definition) is 4. The van der Waals surface area contributed by atoms with Crippen LogP contribution in [-0.4, -0.2) is 57.6 Å². The Hall–Kier alpha value is -0.200. The van der Waals surface area contributed by atoms with Crippen molar-refractivity contribution >= 4 is 0 Å². The van der Waals surface area contributed by atoms with Gasteiger partial charge in [-0.1, -0.05) is 0 Å². The molecule has 13 heavy (non-hydrogen) atoms. The average Bonchev–Trinajstić information content (AvgIpc) is 2.11. The lowest BCUT2D eigenvalue weighted by Gasteiger charge is -2.39. The first-order chi connectivity index (χ1) is 6.07. The van der Waals surface area contributed by atoms with Gasteiger partial charge in [-0.05, 0) is 13.3 Å². The summed E-state index contributed by atoms with van der Waals surface area (Å²) in [5.74, 6) is 0. The first-order valence-electron chi connectivity index (χ1n) is 4.38. The van der Waals surface area contributed by atoms with Gasteiger partial charge in [-0.3, -0.25) is 0 Å². The van der Waals surface area contributed by atoms with E-state index in [-0.39, 0.29) is 13.0 Å². The van der Waals surface area contributed by atoms with E-state index in [1.807, 2.05) is 0 Å². The molecule has 4 N–H and O–H groups in total. The van der Waals surface area contributed by atoms with E-state index in [0.717, 1.165) is 0 Å². The SMILES string of the molecule is C[C@H]1O[C@H](CCO)[C@@H](O)[C@H](O)[C@@H]1O. The third-order valence-electron chi connectivity index (χ3n) is 2.36. The van der Waals surface area contributed by atoms with Crippen molar-refractivity contribution in [2.45, 2.75) is 43.9 Å². The van der Waals surface area contributed by atoms with Crippen LogP contribution in [0.15, 0.2) is 0 Å². The highest BCUT2D eigenvalue weighted by Gasteiger charge is 2.41. The Morgan fingerprint density at radius 1 is 1.08 bits per heavy atom. The Bertz CT molecular complexity index is 163. The van der Waals surface area contributed by atoms with Crippen LogP contribution in [0.2, 0.25) is 0 Å². The Kier molecular flexibility index (Phi) is 3.63. The van der Waals surface area contributed by atoms with Gasteiger partial charge in [0.25, 0.3) is 0 Å². The molecule has 0 radical (unpaired) electrons. The van der Waals surface area contributed by atoms with Crippen LogP contribution in [0.3, 0.4) is 0 Å². The maximum absolute atomic E-state index is 9.41. The Balaban J connectivity index is 2.59. The van der Waals surface area contributed by atoms with Gasteiger partial charge in [-0.25, -0.2) is 0 Å². The predicted octanol–water partition coefficient (Wildman–Crippen LogP) is -1.76. The molecular formula is C8H16O5. The Morgan fingerprint density at radius 2 is 1.69 bits per heavy atom. The zero-order valence-electron chi connectivity index (χ0n) is 7.50. The maximum atomic E-state index is 9.41. The van der Waals surface area contributed by atoms with Crippen molar-refractivity contribution in [1.29, 1.82) is 0 Å². The highest BCUT2D eigenvalue weighted by Crippen LogP contribution is 2.22. The summed E-state index contributed by atoms with van der Waals surface area (Å²) < 4.78 is 5.20. The van der Waals surface area contributed by atoms with Crippen molar-refractivity contribution in [3.05, 3.63) is 0 Å². The van der Waals surface area contributed by atoms with Crippen molar-refractivity contribution in [3.63, 3.8) is 0 Å². The van der Waals surface area contributed by atoms with Crippen LogP contribution < -0.4 is 0 Å². The molecule has 0 aromatic rings. The van der Waals surface area contributed by atoms with Crippen LogP contribution in [0.25, 0.3) is 0 Å². The number of ether oxygens (including phenoxy) is 1. The minimum atomic E-state index is -1.19. The van der Waals surface area contributed by atoms with Crippen LogP contribution in [0, 0.1) is 0 Å². The van der Waals surface area contributed by atoms with Crippen molar-refractivity contribution in [1.82, 2.24) is 0 Å². The monoisotopic (exact) mass is 192 g/mol. The highest BCUT2D eigenvalue weighted by molar-refractivity contribution is 4.90. The van der Waals surface area contributed by atoms with Crippen molar-refractivity contribution < 1.29 is 25.2 Å². The smallest absolute Gasteiger partial charge is 0.111 e. The number of rotatable bonds is 2. The standard InChI is InChI=1S/C8H16O5/c1-4-6(10)8(12)7(11)5(13-4)2-3-9/h4-12H,2-3H2,1H3/t4-,5-,6-,7-,8-/m1/s1. The molecule has 1 heterocycles. The van der Waals surface area contributed by atoms with Gasteiger partial charge in [0.05, 0.1) is 12.2 Å². The summed E-state index contributed by atoms with van der Waals surface area (Å²) in [6, 6.07) is 0. The summed E-state index contributed by atoms with van der Waals surface area (Å²) in [7, 11) is 0. The van der Waals surface area contributed by atoms with Crippen LogP contribution in [0.4, 0.5) is 0 Å². The molecular weight excluding hydrogens is 176 g/mol. The molecule has 0 aliphatic carbocycles. The zero-order chi connectivity index (χ0) is 10.0. The van der Waals surface area contributed by atoms with Crippen molar-refractivity contribution in [3.8, 4) is 0 Å². The summed E-state index contributed by atoms with van der Waals surface area (Å²) in [5.41, 5.74) is 0. The lowest BCUT2D eigenvalue weighted by molar-refractivity contribution is -0.219. The molecule has 0 saturated carbocycles. The van der Waals surface area contributed by atoms with Gasteiger partial charge in [-0.15, -0.1) is 0 Å². The quantitative estimate of drug-likeness (QED) is 0.416. The lowest BCUT2D eigenvalue weighted by atomic mass is 9.94. The van der Waals surface area contributed by atoms with E-state index in [1.54, 1.807) is 6.92 Å². The number of aliphatic hydroxyl groups is 4. The molecule has 1 aliphatic rings. The molecule has 5 nitrogen and oxygen atoms in total. The van der Waals surface area contributed by atoms with Gasteiger partial charge in [-0.2, -0.15) is 0 Å². The van der Waals surface area contributed by atoms with Crippen LogP contribution in [0.1, 0.15) is 13.3 Å². The van der Waals surface area contributed by atoms with Crippen LogP contribution in [0.5, 0.6) is 0 Å². The molecule has 0 aromatic carbocycles. The summed E-state index contributed by atoms with van der Waals surface area (Å²) in [4.78, 5) is 0. The van der Waals surface area contributed by atoms with Crippen LogP contribution in [-0.2, 0) is 4.74 Å². The molecule has 0 aromatic heterocycles. The van der Waals surface area contributed by atoms with Crippen molar-refractivity contribution in [2.75, 3.05) is 6.61 Å². The fourth-order valence-electron chi connectivity index (χ4n) is 1.50. The summed E-state index contributed by atoms with van der Waals surface area (Å²) in [6.07, 6.45) is -4.24. The normalized spacial score (nSPS) is 46.4. The summed E-state index contributed by atoms with van der Waals surface area (Å²) in [5, 5.41) is 36.7. The molecule has 1 rings (SSSR count). The Morgan fingerprint density at radius 3 is 2.23 bits per heavy atom. The molecule has 78 valence electrons. The third kappa shape index (κ3) is 2.18. The van der Waals surface area contributed by atoms with Gasteiger partial charge < -0.3 is 25.2 Å². The van der Waals surface area contributed by atoms with Crippen molar-refractivity contribution in [2.24, 2.45) is 0 Å². The average molecular weight is 192 g/mol.